The molecule has 0 N–H and O–H groups in total. The van der Waals surface area contributed by atoms with Crippen molar-refractivity contribution < 1.29 is 4.21 Å². The van der Waals surface area contributed by atoms with Crippen molar-refractivity contribution in [3.63, 3.8) is 0 Å². The highest BCUT2D eigenvalue weighted by Gasteiger charge is 2.10. The Hall–Kier alpha value is -1.58. The lowest BCUT2D eigenvalue weighted by atomic mass is 10.2. The molecular formula is C16H14ClNOS. The Kier molecular flexibility index (Phi) is 3.64. The SMILES string of the molecule is Cc1ccc(S(=O)n2ccc3ccc(CCl)cc32)cc1. The lowest BCUT2D eigenvalue weighted by molar-refractivity contribution is 0.678. The number of hydrogen-bond donors (Lipinski definition) is 0. The zero-order valence-corrected chi connectivity index (χ0v) is 12.6. The number of benzene rings is 2. The van der Waals surface area contributed by atoms with Crippen LogP contribution in [0.1, 0.15) is 11.1 Å². The Labute approximate surface area is 125 Å². The minimum Gasteiger partial charge on any atom is -0.263 e. The molecule has 1 unspecified atom stereocenters. The number of hydrogen-bond acceptors (Lipinski definition) is 1. The number of halogens is 1. The fourth-order valence-corrected chi connectivity index (χ4v) is 3.42. The van der Waals surface area contributed by atoms with Gasteiger partial charge in [0.2, 0.25) is 0 Å². The van der Waals surface area contributed by atoms with Gasteiger partial charge in [-0.15, -0.1) is 11.6 Å². The van der Waals surface area contributed by atoms with Crippen molar-refractivity contribution in [2.24, 2.45) is 0 Å². The molecule has 102 valence electrons. The molecule has 0 aliphatic rings. The summed E-state index contributed by atoms with van der Waals surface area (Å²) in [6.45, 7) is 2.02. The molecule has 1 atom stereocenters. The van der Waals surface area contributed by atoms with Gasteiger partial charge in [-0.3, -0.25) is 3.97 Å². The molecule has 0 aliphatic heterocycles. The van der Waals surface area contributed by atoms with Crippen LogP contribution in [0.15, 0.2) is 59.6 Å². The first-order valence-electron chi connectivity index (χ1n) is 6.34. The summed E-state index contributed by atoms with van der Waals surface area (Å²) in [4.78, 5) is 0.796. The Morgan fingerprint density at radius 3 is 2.55 bits per heavy atom. The molecule has 3 rings (SSSR count). The normalized spacial score (nSPS) is 12.7. The molecule has 4 heteroatoms. The second-order valence-corrected chi connectivity index (χ2v) is 6.36. The van der Waals surface area contributed by atoms with Gasteiger partial charge in [0.1, 0.15) is 0 Å². The summed E-state index contributed by atoms with van der Waals surface area (Å²) in [5, 5.41) is 1.07. The van der Waals surface area contributed by atoms with E-state index in [-0.39, 0.29) is 0 Å². The second-order valence-electron chi connectivity index (χ2n) is 4.73. The number of nitrogens with zero attached hydrogens (tertiary/aromatic N) is 1. The first-order chi connectivity index (χ1) is 9.69. The number of aromatic nitrogens is 1. The monoisotopic (exact) mass is 303 g/mol. The van der Waals surface area contributed by atoms with Crippen LogP contribution in [0.2, 0.25) is 0 Å². The average molecular weight is 304 g/mol. The Balaban J connectivity index is 2.09. The fourth-order valence-electron chi connectivity index (χ4n) is 2.15. The van der Waals surface area contributed by atoms with Gasteiger partial charge >= 0.3 is 0 Å². The summed E-state index contributed by atoms with van der Waals surface area (Å²) in [6, 6.07) is 15.7. The maximum atomic E-state index is 12.7. The largest absolute Gasteiger partial charge is 0.263 e. The lowest BCUT2D eigenvalue weighted by Crippen LogP contribution is -2.03. The standard InChI is InChI=1S/C16H14ClNOS/c1-12-2-6-15(7-3-12)20(19)18-9-8-14-5-4-13(11-17)10-16(14)18/h2-10H,11H2,1H3. The summed E-state index contributed by atoms with van der Waals surface area (Å²) in [5.41, 5.74) is 3.13. The van der Waals surface area contributed by atoms with Crippen molar-refractivity contribution in [3.05, 3.63) is 65.9 Å². The van der Waals surface area contributed by atoms with Crippen LogP contribution in [0.4, 0.5) is 0 Å². The maximum Gasteiger partial charge on any atom is 0.157 e. The third kappa shape index (κ3) is 2.39. The van der Waals surface area contributed by atoms with E-state index in [1.54, 1.807) is 3.97 Å². The van der Waals surface area contributed by atoms with Crippen LogP contribution in [0, 0.1) is 6.92 Å². The second kappa shape index (κ2) is 5.43. The topological polar surface area (TPSA) is 22.0 Å². The van der Waals surface area contributed by atoms with E-state index in [4.69, 9.17) is 11.6 Å². The number of aryl methyl sites for hydroxylation is 1. The fraction of sp³-hybridized carbons (Fsp3) is 0.125. The summed E-state index contributed by atoms with van der Waals surface area (Å²) < 4.78 is 14.5. The van der Waals surface area contributed by atoms with Gasteiger partial charge < -0.3 is 0 Å². The van der Waals surface area contributed by atoms with Gasteiger partial charge in [0.05, 0.1) is 10.4 Å². The molecule has 1 heterocycles. The highest BCUT2D eigenvalue weighted by Crippen LogP contribution is 2.22. The zero-order valence-electron chi connectivity index (χ0n) is 11.0. The van der Waals surface area contributed by atoms with Crippen LogP contribution in [0.5, 0.6) is 0 Å². The molecule has 0 saturated heterocycles. The number of fused-ring (bicyclic) bond motifs is 1. The molecule has 3 aromatic rings. The van der Waals surface area contributed by atoms with Crippen molar-refractivity contribution in [1.82, 2.24) is 3.97 Å². The van der Waals surface area contributed by atoms with Crippen molar-refractivity contribution in [2.75, 3.05) is 0 Å². The van der Waals surface area contributed by atoms with Gasteiger partial charge in [-0.2, -0.15) is 0 Å². The first-order valence-corrected chi connectivity index (χ1v) is 7.98. The summed E-state index contributed by atoms with van der Waals surface area (Å²) >= 11 is 5.88. The minimum absolute atomic E-state index is 0.457. The molecule has 0 fully saturated rings. The average Bonchev–Trinajstić information content (AvgIpc) is 2.90. The van der Waals surface area contributed by atoms with Gasteiger partial charge in [0, 0.05) is 17.5 Å². The van der Waals surface area contributed by atoms with E-state index in [0.29, 0.717) is 5.88 Å². The Morgan fingerprint density at radius 2 is 1.85 bits per heavy atom. The minimum atomic E-state index is -1.24. The zero-order chi connectivity index (χ0) is 14.1. The van der Waals surface area contributed by atoms with Crippen LogP contribution in [-0.4, -0.2) is 8.18 Å². The van der Waals surface area contributed by atoms with Crippen molar-refractivity contribution >= 4 is 33.5 Å². The van der Waals surface area contributed by atoms with Crippen molar-refractivity contribution in [3.8, 4) is 0 Å². The van der Waals surface area contributed by atoms with E-state index in [0.717, 1.165) is 26.9 Å². The quantitative estimate of drug-likeness (QED) is 0.663. The predicted molar refractivity (Wildman–Crippen MR) is 84.5 cm³/mol. The third-order valence-electron chi connectivity index (χ3n) is 3.28. The van der Waals surface area contributed by atoms with E-state index in [1.165, 1.54) is 0 Å². The van der Waals surface area contributed by atoms with Gasteiger partial charge in [-0.05, 0) is 36.8 Å². The highest BCUT2D eigenvalue weighted by molar-refractivity contribution is 7.83. The molecule has 2 aromatic carbocycles. The van der Waals surface area contributed by atoms with Gasteiger partial charge in [-0.25, -0.2) is 4.21 Å². The Morgan fingerprint density at radius 1 is 1.10 bits per heavy atom. The molecule has 0 aliphatic carbocycles. The molecule has 0 amide bonds. The van der Waals surface area contributed by atoms with Crippen LogP contribution in [0.3, 0.4) is 0 Å². The Bertz CT molecular complexity index is 777. The number of rotatable bonds is 3. The molecule has 0 radical (unpaired) electrons. The van der Waals surface area contributed by atoms with E-state index in [2.05, 4.69) is 0 Å². The molecule has 2 nitrogen and oxygen atoms in total. The highest BCUT2D eigenvalue weighted by atomic mass is 35.5. The predicted octanol–water partition coefficient (Wildman–Crippen LogP) is 4.26. The summed E-state index contributed by atoms with van der Waals surface area (Å²) in [5.74, 6) is 0.457. The van der Waals surface area contributed by atoms with Crippen molar-refractivity contribution in [1.29, 1.82) is 0 Å². The number of alkyl halides is 1. The van der Waals surface area contributed by atoms with E-state index >= 15 is 0 Å². The molecule has 20 heavy (non-hydrogen) atoms. The first kappa shape index (κ1) is 13.4. The van der Waals surface area contributed by atoms with Gasteiger partial charge in [0.25, 0.3) is 0 Å². The van der Waals surface area contributed by atoms with E-state index < -0.39 is 11.0 Å². The molecule has 0 spiro atoms. The van der Waals surface area contributed by atoms with E-state index in [1.807, 2.05) is 61.7 Å². The van der Waals surface area contributed by atoms with Gasteiger partial charge in [-0.1, -0.05) is 29.8 Å². The summed E-state index contributed by atoms with van der Waals surface area (Å²) in [6.07, 6.45) is 1.86. The van der Waals surface area contributed by atoms with Crippen LogP contribution in [0.25, 0.3) is 10.9 Å². The third-order valence-corrected chi connectivity index (χ3v) is 4.94. The molecule has 1 aromatic heterocycles. The maximum absolute atomic E-state index is 12.7. The smallest absolute Gasteiger partial charge is 0.157 e. The molecule has 0 saturated carbocycles. The molecular weight excluding hydrogens is 290 g/mol. The van der Waals surface area contributed by atoms with Gasteiger partial charge in [0.15, 0.2) is 11.0 Å². The van der Waals surface area contributed by atoms with Crippen molar-refractivity contribution in [2.45, 2.75) is 17.7 Å². The van der Waals surface area contributed by atoms with Crippen LogP contribution in [-0.2, 0) is 16.9 Å². The van der Waals surface area contributed by atoms with Crippen LogP contribution < -0.4 is 0 Å². The lowest BCUT2D eigenvalue weighted by Gasteiger charge is -2.06. The van der Waals surface area contributed by atoms with E-state index in [9.17, 15) is 4.21 Å². The summed E-state index contributed by atoms with van der Waals surface area (Å²) in [7, 11) is -1.24. The van der Waals surface area contributed by atoms with Crippen LogP contribution >= 0.6 is 11.6 Å². The molecule has 0 bridgehead atoms.